The van der Waals surface area contributed by atoms with Crippen molar-refractivity contribution in [2.45, 2.75) is 24.2 Å². The minimum Gasteiger partial charge on any atom is -0.395 e. The van der Waals surface area contributed by atoms with E-state index in [0.29, 0.717) is 0 Å². The third-order valence-electron chi connectivity index (χ3n) is 3.00. The molecule has 17 heteroatoms. The van der Waals surface area contributed by atoms with Crippen LogP contribution in [-0.2, 0) is 27.7 Å². The first-order valence-electron chi connectivity index (χ1n) is 8.00. The molecule has 0 saturated heterocycles. The normalized spacial score (nSPS) is 20.5. The lowest BCUT2D eigenvalue weighted by atomic mass is 9.52. The van der Waals surface area contributed by atoms with E-state index in [2.05, 4.69) is 9.05 Å². The van der Waals surface area contributed by atoms with Crippen LogP contribution >= 0.6 is 15.2 Å². The van der Waals surface area contributed by atoms with E-state index in [1.807, 2.05) is 0 Å². The molecule has 6 N–H and O–H groups in total. The summed E-state index contributed by atoms with van der Waals surface area (Å²) in [5.74, 6) is -1.28. The zero-order valence-corrected chi connectivity index (χ0v) is 16.8. The van der Waals surface area contributed by atoms with Crippen LogP contribution < -0.4 is 0 Å². The molecule has 159 valence electrons. The molecule has 0 heterocycles. The third kappa shape index (κ3) is 12.7. The molecule has 2 unspecified atom stereocenters. The molecule has 28 heavy (non-hydrogen) atoms. The molecule has 0 aliphatic heterocycles. The fraction of sp³-hybridized carbons (Fsp3) is 1.00. The zero-order valence-electron chi connectivity index (χ0n) is 15.0. The highest BCUT2D eigenvalue weighted by Crippen LogP contribution is 2.58. The van der Waals surface area contributed by atoms with Crippen LogP contribution in [0.3, 0.4) is 0 Å². The number of rotatable bonds is 17. The summed E-state index contributed by atoms with van der Waals surface area (Å²) in [5.41, 5.74) is 0. The summed E-state index contributed by atoms with van der Waals surface area (Å²) in [5, 5.41) is 35.9. The van der Waals surface area contributed by atoms with Crippen molar-refractivity contribution >= 4 is 37.9 Å². The molecule has 0 rings (SSSR count). The van der Waals surface area contributed by atoms with Crippen LogP contribution in [0.5, 0.6) is 0 Å². The Morgan fingerprint density at radius 2 is 1.29 bits per heavy atom. The van der Waals surface area contributed by atoms with Gasteiger partial charge in [0, 0.05) is 19.7 Å². The van der Waals surface area contributed by atoms with Crippen molar-refractivity contribution in [3.8, 4) is 0 Å². The Morgan fingerprint density at radius 1 is 0.821 bits per heavy atom. The standard InChI is InChI=1S/C11H24B3O12P2/c12-10(3-17)25-8(1-15)5-23-27(19,20)7-28(21,22)24-6-9(2-16)26-11(4-18)14-13/h8-11,15-18H,1-7H2,(H,19,20)(H,21,22)/t8-,9-,10+,11+/m0/s1. The van der Waals surface area contributed by atoms with Gasteiger partial charge in [0.15, 0.2) is 5.90 Å². The van der Waals surface area contributed by atoms with Gasteiger partial charge < -0.3 is 48.7 Å². The number of ether oxygens (including phenoxy) is 2. The summed E-state index contributed by atoms with van der Waals surface area (Å²) in [6, 6.07) is -2.11. The van der Waals surface area contributed by atoms with Gasteiger partial charge in [0.25, 0.3) is 0 Å². The van der Waals surface area contributed by atoms with Crippen LogP contribution in [0.15, 0.2) is 0 Å². The van der Waals surface area contributed by atoms with E-state index in [4.69, 9.17) is 45.5 Å². The number of hydrogen-bond donors (Lipinski definition) is 6. The van der Waals surface area contributed by atoms with E-state index in [0.717, 1.165) is 7.17 Å². The van der Waals surface area contributed by atoms with Crippen LogP contribution in [0.1, 0.15) is 0 Å². The summed E-state index contributed by atoms with van der Waals surface area (Å²) in [4.78, 5) is 19.4. The first kappa shape index (κ1) is 28.3. The van der Waals surface area contributed by atoms with Crippen LogP contribution in [0.2, 0.25) is 0 Å². The average molecular weight is 443 g/mol. The third-order valence-corrected chi connectivity index (χ3v) is 6.96. The van der Waals surface area contributed by atoms with Crippen molar-refractivity contribution in [3.63, 3.8) is 0 Å². The van der Waals surface area contributed by atoms with E-state index < -0.39 is 85.0 Å². The molecule has 0 aromatic rings. The molecule has 0 aliphatic rings. The lowest BCUT2D eigenvalue weighted by Gasteiger charge is -2.24. The Balaban J connectivity index is 4.62. The quantitative estimate of drug-likeness (QED) is 0.0972. The van der Waals surface area contributed by atoms with Crippen LogP contribution in [-0.4, -0.2) is 123 Å². The summed E-state index contributed by atoms with van der Waals surface area (Å²) in [6.45, 7) is -3.65. The van der Waals surface area contributed by atoms with Crippen molar-refractivity contribution in [2.75, 3.05) is 45.5 Å². The van der Waals surface area contributed by atoms with Crippen LogP contribution in [0.4, 0.5) is 0 Å². The second-order valence-corrected chi connectivity index (χ2v) is 9.72. The smallest absolute Gasteiger partial charge is 0.340 e. The fourth-order valence-corrected chi connectivity index (χ4v) is 4.92. The van der Waals surface area contributed by atoms with Gasteiger partial charge in [-0.1, -0.05) is 0 Å². The SMILES string of the molecule is [B][B][C@@H](CO)O[C@@H](CO)COP(=O)(O)CP(=O)(O)OC[C@H](CO)O[C@@H]([B])CO. The maximum Gasteiger partial charge on any atom is 0.340 e. The fourth-order valence-electron chi connectivity index (χ4n) is 1.66. The Morgan fingerprint density at radius 3 is 1.64 bits per heavy atom. The van der Waals surface area contributed by atoms with Crippen LogP contribution in [0, 0.1) is 0 Å². The largest absolute Gasteiger partial charge is 0.395 e. The van der Waals surface area contributed by atoms with Crippen molar-refractivity contribution < 1.29 is 57.9 Å². The first-order chi connectivity index (χ1) is 13.0. The molecule has 0 amide bonds. The van der Waals surface area contributed by atoms with Crippen molar-refractivity contribution in [1.29, 1.82) is 0 Å². The molecule has 12 nitrogen and oxygen atoms in total. The van der Waals surface area contributed by atoms with Crippen molar-refractivity contribution in [1.82, 2.24) is 0 Å². The van der Waals surface area contributed by atoms with Gasteiger partial charge in [-0.15, -0.1) is 0 Å². The van der Waals surface area contributed by atoms with E-state index in [9.17, 15) is 18.9 Å². The molecule has 0 fully saturated rings. The molecule has 0 aliphatic carbocycles. The minimum atomic E-state index is -4.64. The monoisotopic (exact) mass is 443 g/mol. The molecule has 0 aromatic carbocycles. The van der Waals surface area contributed by atoms with Gasteiger partial charge in [0.2, 0.25) is 0 Å². The topological polar surface area (TPSA) is 192 Å². The van der Waals surface area contributed by atoms with Crippen LogP contribution in [0.25, 0.3) is 0 Å². The molecule has 6 atom stereocenters. The molecule has 0 saturated carbocycles. The first-order valence-corrected chi connectivity index (χ1v) is 11.5. The maximum absolute atomic E-state index is 12.0. The number of aliphatic hydroxyl groups excluding tert-OH is 4. The van der Waals surface area contributed by atoms with Gasteiger partial charge in [0.05, 0.1) is 46.8 Å². The summed E-state index contributed by atoms with van der Waals surface area (Å²) < 4.78 is 43.2. The maximum atomic E-state index is 12.0. The number of aliphatic hydroxyl groups is 4. The second kappa shape index (κ2) is 14.3. The lowest BCUT2D eigenvalue weighted by molar-refractivity contribution is -0.0463. The Kier molecular flexibility index (Phi) is 14.4. The lowest BCUT2D eigenvalue weighted by Crippen LogP contribution is -2.35. The highest BCUT2D eigenvalue weighted by Gasteiger charge is 2.35. The highest BCUT2D eigenvalue weighted by molar-refractivity contribution is 7.70. The van der Waals surface area contributed by atoms with E-state index >= 15 is 0 Å². The van der Waals surface area contributed by atoms with Crippen molar-refractivity contribution in [2.24, 2.45) is 0 Å². The van der Waals surface area contributed by atoms with Gasteiger partial charge in [0.1, 0.15) is 20.1 Å². The van der Waals surface area contributed by atoms with E-state index in [-0.39, 0.29) is 0 Å². The molecule has 5 radical (unpaired) electrons. The molecule has 0 spiro atoms. The Labute approximate surface area is 166 Å². The Bertz CT molecular complexity index is 511. The van der Waals surface area contributed by atoms with E-state index in [1.165, 1.54) is 0 Å². The minimum absolute atomic E-state index is 0.502. The molecular weight excluding hydrogens is 418 g/mol. The molecule has 0 aromatic heterocycles. The predicted octanol–water partition coefficient (Wildman–Crippen LogP) is -3.30. The van der Waals surface area contributed by atoms with Gasteiger partial charge >= 0.3 is 15.2 Å². The Hall–Kier alpha value is 0.255. The van der Waals surface area contributed by atoms with Gasteiger partial charge in [-0.05, 0) is 0 Å². The zero-order chi connectivity index (χ0) is 21.8. The van der Waals surface area contributed by atoms with E-state index in [1.54, 1.807) is 0 Å². The summed E-state index contributed by atoms with van der Waals surface area (Å²) in [7, 11) is 2.19. The summed E-state index contributed by atoms with van der Waals surface area (Å²) >= 11 is 0. The number of hydrogen-bond acceptors (Lipinski definition) is 10. The average Bonchev–Trinajstić information content (AvgIpc) is 2.64. The van der Waals surface area contributed by atoms with Gasteiger partial charge in [-0.25, -0.2) is 0 Å². The predicted molar refractivity (Wildman–Crippen MR) is 99.3 cm³/mol. The van der Waals surface area contributed by atoms with Gasteiger partial charge in [-0.2, -0.15) is 0 Å². The summed E-state index contributed by atoms with van der Waals surface area (Å²) in [6.07, 6.45) is -2.29. The van der Waals surface area contributed by atoms with Crippen molar-refractivity contribution in [3.05, 3.63) is 0 Å². The second-order valence-electron chi connectivity index (χ2n) is 5.52. The van der Waals surface area contributed by atoms with Gasteiger partial charge in [-0.3, -0.25) is 9.13 Å². The highest BCUT2D eigenvalue weighted by atomic mass is 31.2. The molecular formula is C11H24B3O12P2. The molecule has 0 bridgehead atoms.